The van der Waals surface area contributed by atoms with E-state index in [9.17, 15) is 18.0 Å². The van der Waals surface area contributed by atoms with Crippen LogP contribution in [0.25, 0.3) is 0 Å². The number of halogens is 3. The van der Waals surface area contributed by atoms with Gasteiger partial charge in [-0.1, -0.05) is 0 Å². The van der Waals surface area contributed by atoms with Gasteiger partial charge in [-0.2, -0.15) is 13.2 Å². The minimum absolute atomic E-state index is 0.130. The maximum Gasteiger partial charge on any atom is 0.433 e. The maximum atomic E-state index is 12.6. The highest BCUT2D eigenvalue weighted by molar-refractivity contribution is 5.69. The van der Waals surface area contributed by atoms with Crippen molar-refractivity contribution in [2.45, 2.75) is 38.6 Å². The van der Waals surface area contributed by atoms with E-state index in [1.165, 1.54) is 4.90 Å². The van der Waals surface area contributed by atoms with Crippen LogP contribution in [0.4, 0.5) is 23.8 Å². The molecule has 2 heterocycles. The molecule has 6 nitrogen and oxygen atoms in total. The first-order chi connectivity index (χ1) is 10.5. The van der Waals surface area contributed by atoms with Crippen LogP contribution in [0.15, 0.2) is 12.4 Å². The Hall–Kier alpha value is -2.06. The molecule has 9 heteroatoms. The van der Waals surface area contributed by atoms with E-state index in [4.69, 9.17) is 4.74 Å². The molecule has 0 bridgehead atoms. The van der Waals surface area contributed by atoms with Gasteiger partial charge >= 0.3 is 12.3 Å². The van der Waals surface area contributed by atoms with Crippen molar-refractivity contribution in [3.63, 3.8) is 0 Å². The predicted octanol–water partition coefficient (Wildman–Crippen LogP) is 2.55. The molecule has 2 rings (SSSR count). The average Bonchev–Trinajstić information content (AvgIpc) is 2.34. The molecule has 1 aromatic heterocycles. The number of amides is 1. The molecule has 0 saturated carbocycles. The van der Waals surface area contributed by atoms with Gasteiger partial charge in [0.2, 0.25) is 0 Å². The van der Waals surface area contributed by atoms with Crippen LogP contribution in [0.2, 0.25) is 0 Å². The normalized spacial score (nSPS) is 16.0. The van der Waals surface area contributed by atoms with E-state index in [0.717, 1.165) is 12.4 Å². The molecule has 0 atom stereocenters. The number of ether oxygens (including phenoxy) is 1. The summed E-state index contributed by atoms with van der Waals surface area (Å²) in [5.41, 5.74) is -1.57. The van der Waals surface area contributed by atoms with E-state index in [-0.39, 0.29) is 11.9 Å². The molecule has 0 radical (unpaired) electrons. The first-order valence-corrected chi connectivity index (χ1v) is 7.07. The third-order valence-corrected chi connectivity index (χ3v) is 3.36. The summed E-state index contributed by atoms with van der Waals surface area (Å²) in [7, 11) is 1.61. The fourth-order valence-corrected chi connectivity index (χ4v) is 2.05. The Morgan fingerprint density at radius 1 is 1.30 bits per heavy atom. The van der Waals surface area contributed by atoms with Gasteiger partial charge in [0.25, 0.3) is 0 Å². The second-order valence-corrected chi connectivity index (χ2v) is 6.41. The van der Waals surface area contributed by atoms with Crippen LogP contribution in [0.3, 0.4) is 0 Å². The van der Waals surface area contributed by atoms with Gasteiger partial charge in [0, 0.05) is 26.2 Å². The Balaban J connectivity index is 1.95. The summed E-state index contributed by atoms with van der Waals surface area (Å²) >= 11 is 0. The quantitative estimate of drug-likeness (QED) is 0.833. The molecule has 0 N–H and O–H groups in total. The second-order valence-electron chi connectivity index (χ2n) is 6.41. The van der Waals surface area contributed by atoms with Crippen molar-refractivity contribution < 1.29 is 22.7 Å². The summed E-state index contributed by atoms with van der Waals surface area (Å²) in [6.45, 7) is 6.09. The SMILES string of the molecule is CN(C(=O)OC(C)(C)C)C1CN(c2cc(C(F)(F)F)ncn2)C1. The lowest BCUT2D eigenvalue weighted by Crippen LogP contribution is -2.60. The third kappa shape index (κ3) is 4.23. The van der Waals surface area contributed by atoms with Crippen LogP contribution in [-0.4, -0.2) is 52.7 Å². The van der Waals surface area contributed by atoms with Crippen molar-refractivity contribution in [3.05, 3.63) is 18.1 Å². The lowest BCUT2D eigenvalue weighted by Gasteiger charge is -2.44. The van der Waals surface area contributed by atoms with Crippen molar-refractivity contribution in [2.75, 3.05) is 25.0 Å². The van der Waals surface area contributed by atoms with Gasteiger partial charge in [-0.15, -0.1) is 0 Å². The van der Waals surface area contributed by atoms with Crippen LogP contribution in [0.1, 0.15) is 26.5 Å². The molecule has 0 aliphatic carbocycles. The van der Waals surface area contributed by atoms with Crippen molar-refractivity contribution >= 4 is 11.9 Å². The second kappa shape index (κ2) is 5.86. The summed E-state index contributed by atoms with van der Waals surface area (Å²) in [4.78, 5) is 22.1. The van der Waals surface area contributed by atoms with Crippen LogP contribution in [-0.2, 0) is 10.9 Å². The van der Waals surface area contributed by atoms with Crippen LogP contribution in [0, 0.1) is 0 Å². The summed E-state index contributed by atoms with van der Waals surface area (Å²) < 4.78 is 43.2. The van der Waals surface area contributed by atoms with E-state index in [1.807, 2.05) is 0 Å². The van der Waals surface area contributed by atoms with Crippen molar-refractivity contribution in [3.8, 4) is 0 Å². The molecule has 1 aliphatic heterocycles. The van der Waals surface area contributed by atoms with Gasteiger partial charge < -0.3 is 14.5 Å². The molecule has 0 aromatic carbocycles. The first-order valence-electron chi connectivity index (χ1n) is 7.07. The number of carbonyl (C=O) groups excluding carboxylic acids is 1. The Morgan fingerprint density at radius 3 is 2.43 bits per heavy atom. The standard InChI is InChI=1S/C14H19F3N4O2/c1-13(2,3)23-12(22)20(4)9-6-21(7-9)11-5-10(14(15,16)17)18-8-19-11/h5,8-9H,6-7H2,1-4H3. The van der Waals surface area contributed by atoms with Crippen LogP contribution < -0.4 is 4.90 Å². The number of anilines is 1. The Labute approximate surface area is 132 Å². The molecule has 1 amide bonds. The van der Waals surface area contributed by atoms with Crippen LogP contribution >= 0.6 is 0 Å². The molecule has 0 spiro atoms. The van der Waals surface area contributed by atoms with E-state index in [0.29, 0.717) is 13.1 Å². The van der Waals surface area contributed by atoms with Crippen molar-refractivity contribution in [2.24, 2.45) is 0 Å². The highest BCUT2D eigenvalue weighted by Crippen LogP contribution is 2.30. The molecule has 23 heavy (non-hydrogen) atoms. The monoisotopic (exact) mass is 332 g/mol. The summed E-state index contributed by atoms with van der Waals surface area (Å²) in [6, 6.07) is 0.776. The fraction of sp³-hybridized carbons (Fsp3) is 0.643. The fourth-order valence-electron chi connectivity index (χ4n) is 2.05. The number of alkyl halides is 3. The van der Waals surface area contributed by atoms with Gasteiger partial charge in [-0.25, -0.2) is 14.8 Å². The van der Waals surface area contributed by atoms with Gasteiger partial charge in [0.1, 0.15) is 23.4 Å². The minimum Gasteiger partial charge on any atom is -0.444 e. The minimum atomic E-state index is -4.50. The summed E-state index contributed by atoms with van der Waals surface area (Å²) in [5, 5.41) is 0. The molecule has 0 unspecified atom stereocenters. The van der Waals surface area contributed by atoms with Gasteiger partial charge in [-0.3, -0.25) is 0 Å². The Morgan fingerprint density at radius 2 is 1.91 bits per heavy atom. The smallest absolute Gasteiger partial charge is 0.433 e. The highest BCUT2D eigenvalue weighted by Gasteiger charge is 2.37. The third-order valence-electron chi connectivity index (χ3n) is 3.36. The van der Waals surface area contributed by atoms with Crippen molar-refractivity contribution in [1.82, 2.24) is 14.9 Å². The van der Waals surface area contributed by atoms with E-state index >= 15 is 0 Å². The molecule has 1 aromatic rings. The number of aromatic nitrogens is 2. The number of hydrogen-bond donors (Lipinski definition) is 0. The number of likely N-dealkylation sites (N-methyl/N-ethyl adjacent to an activating group) is 1. The molecular weight excluding hydrogens is 313 g/mol. The number of hydrogen-bond acceptors (Lipinski definition) is 5. The number of rotatable bonds is 2. The Kier molecular flexibility index (Phi) is 4.41. The molecule has 1 aliphatic rings. The number of nitrogens with zero attached hydrogens (tertiary/aromatic N) is 4. The summed E-state index contributed by atoms with van der Waals surface area (Å²) in [6.07, 6.45) is -4.07. The van der Waals surface area contributed by atoms with Gasteiger partial charge in [0.15, 0.2) is 0 Å². The first kappa shape index (κ1) is 17.3. The lowest BCUT2D eigenvalue weighted by atomic mass is 10.1. The van der Waals surface area contributed by atoms with Crippen LogP contribution in [0.5, 0.6) is 0 Å². The zero-order valence-electron chi connectivity index (χ0n) is 13.4. The summed E-state index contributed by atoms with van der Waals surface area (Å²) in [5.74, 6) is 0.196. The lowest BCUT2D eigenvalue weighted by molar-refractivity contribution is -0.141. The topological polar surface area (TPSA) is 58.6 Å². The molecule has 128 valence electrons. The molecule has 1 fully saturated rings. The number of carbonyl (C=O) groups is 1. The molecule has 1 saturated heterocycles. The van der Waals surface area contributed by atoms with E-state index < -0.39 is 23.6 Å². The predicted molar refractivity (Wildman–Crippen MR) is 77.0 cm³/mol. The van der Waals surface area contributed by atoms with E-state index in [2.05, 4.69) is 9.97 Å². The zero-order valence-corrected chi connectivity index (χ0v) is 13.4. The van der Waals surface area contributed by atoms with E-state index in [1.54, 1.807) is 32.7 Å². The largest absolute Gasteiger partial charge is 0.444 e. The maximum absolute atomic E-state index is 12.6. The Bertz CT molecular complexity index is 580. The molecular formula is C14H19F3N4O2. The van der Waals surface area contributed by atoms with Gasteiger partial charge in [0.05, 0.1) is 6.04 Å². The zero-order chi connectivity index (χ0) is 17.4. The average molecular weight is 332 g/mol. The van der Waals surface area contributed by atoms with Crippen molar-refractivity contribution in [1.29, 1.82) is 0 Å². The highest BCUT2D eigenvalue weighted by atomic mass is 19.4. The van der Waals surface area contributed by atoms with Gasteiger partial charge in [-0.05, 0) is 20.8 Å².